The number of amides is 1. The van der Waals surface area contributed by atoms with Gasteiger partial charge in [-0.05, 0) is 0 Å². The molecule has 2 fully saturated rings. The summed E-state index contributed by atoms with van der Waals surface area (Å²) in [6.45, 7) is 0.301. The van der Waals surface area contributed by atoms with Crippen molar-refractivity contribution in [2.24, 2.45) is 11.8 Å². The van der Waals surface area contributed by atoms with Crippen molar-refractivity contribution >= 4 is 5.91 Å². The largest absolute Gasteiger partial charge is 0.392 e. The Morgan fingerprint density at radius 2 is 2.13 bits per heavy atom. The van der Waals surface area contributed by atoms with E-state index in [0.29, 0.717) is 6.54 Å². The smallest absolute Gasteiger partial charge is 0.339 e. The molecule has 0 bridgehead atoms. The van der Waals surface area contributed by atoms with Crippen LogP contribution in [0.25, 0.3) is 0 Å². The molecule has 2 aliphatic heterocycles. The van der Waals surface area contributed by atoms with Gasteiger partial charge in [0.25, 0.3) is 0 Å². The number of nitrogens with zero attached hydrogens (tertiary/aromatic N) is 1. The van der Waals surface area contributed by atoms with Crippen LogP contribution in [-0.2, 0) is 4.79 Å². The van der Waals surface area contributed by atoms with E-state index in [-0.39, 0.29) is 0 Å². The van der Waals surface area contributed by atoms with Gasteiger partial charge in [0.15, 0.2) is 0 Å². The van der Waals surface area contributed by atoms with E-state index in [1.807, 2.05) is 0 Å². The molecule has 1 amide bonds. The lowest BCUT2D eigenvalue weighted by molar-refractivity contribution is -0.198. The Kier molecular flexibility index (Phi) is 2.38. The van der Waals surface area contributed by atoms with Crippen LogP contribution in [0, 0.1) is 11.8 Å². The fraction of sp³-hybridized carbons (Fsp3) is 0.875. The van der Waals surface area contributed by atoms with E-state index in [1.165, 1.54) is 0 Å². The van der Waals surface area contributed by atoms with E-state index >= 15 is 0 Å². The van der Waals surface area contributed by atoms with E-state index in [4.69, 9.17) is 0 Å². The van der Waals surface area contributed by atoms with E-state index < -0.39 is 36.5 Å². The lowest BCUT2D eigenvalue weighted by Crippen LogP contribution is -2.55. The average Bonchev–Trinajstić information content (AvgIpc) is 2.41. The van der Waals surface area contributed by atoms with E-state index in [2.05, 4.69) is 10.7 Å². The van der Waals surface area contributed by atoms with Gasteiger partial charge in [-0.25, -0.2) is 10.4 Å². The number of nitrogens with one attached hydrogen (secondary N) is 2. The molecule has 0 aromatic rings. The van der Waals surface area contributed by atoms with Crippen LogP contribution in [0.3, 0.4) is 0 Å². The number of piperidine rings is 1. The van der Waals surface area contributed by atoms with Gasteiger partial charge in [-0.1, -0.05) is 0 Å². The van der Waals surface area contributed by atoms with Gasteiger partial charge in [0.05, 0.1) is 12.1 Å². The van der Waals surface area contributed by atoms with Crippen LogP contribution in [0.15, 0.2) is 0 Å². The van der Waals surface area contributed by atoms with E-state index in [1.54, 1.807) is 12.1 Å². The number of alkyl halides is 3. The highest BCUT2D eigenvalue weighted by Gasteiger charge is 2.53. The molecule has 86 valence electrons. The molecule has 0 saturated carbocycles. The summed E-state index contributed by atoms with van der Waals surface area (Å²) in [5, 5.41) is 4.10. The first-order chi connectivity index (χ1) is 6.88. The number of hydrogen-bond donors (Lipinski definition) is 2. The van der Waals surface area contributed by atoms with E-state index in [9.17, 15) is 18.0 Å². The Morgan fingerprint density at radius 1 is 1.47 bits per heavy atom. The first-order valence-corrected chi connectivity index (χ1v) is 4.71. The molecular weight excluding hydrogens is 211 g/mol. The maximum absolute atomic E-state index is 12.7. The molecule has 3 atom stereocenters. The van der Waals surface area contributed by atoms with Gasteiger partial charge in [-0.15, -0.1) is 0 Å². The number of hydrogen-bond acceptors (Lipinski definition) is 3. The number of halogens is 3. The van der Waals surface area contributed by atoms with Crippen molar-refractivity contribution in [1.82, 2.24) is 15.8 Å². The van der Waals surface area contributed by atoms with Crippen molar-refractivity contribution in [1.29, 1.82) is 0 Å². The minimum Gasteiger partial charge on any atom is -0.339 e. The first kappa shape index (κ1) is 10.7. The van der Waals surface area contributed by atoms with Crippen LogP contribution in [-0.4, -0.2) is 36.9 Å². The summed E-state index contributed by atoms with van der Waals surface area (Å²) in [5.74, 6) is -2.66. The third-order valence-corrected chi connectivity index (χ3v) is 2.93. The molecule has 2 N–H and O–H groups in total. The molecule has 0 aromatic carbocycles. The fourth-order valence-electron chi connectivity index (χ4n) is 2.25. The molecule has 15 heavy (non-hydrogen) atoms. The van der Waals surface area contributed by atoms with Crippen molar-refractivity contribution in [2.45, 2.75) is 18.8 Å². The summed E-state index contributed by atoms with van der Waals surface area (Å²) in [6, 6.07) is 0. The van der Waals surface area contributed by atoms with Gasteiger partial charge < -0.3 is 5.32 Å². The summed E-state index contributed by atoms with van der Waals surface area (Å²) < 4.78 is 38.0. The Balaban J connectivity index is 2.19. The second kappa shape index (κ2) is 3.34. The second-order valence-electron chi connectivity index (χ2n) is 4.07. The maximum Gasteiger partial charge on any atom is 0.392 e. The fourth-order valence-corrected chi connectivity index (χ4v) is 2.25. The zero-order valence-corrected chi connectivity index (χ0v) is 8.14. The zero-order valence-electron chi connectivity index (χ0n) is 8.14. The highest BCUT2D eigenvalue weighted by Crippen LogP contribution is 2.39. The van der Waals surface area contributed by atoms with Gasteiger partial charge in [-0.2, -0.15) is 13.2 Å². The van der Waals surface area contributed by atoms with Crippen LogP contribution in [0.2, 0.25) is 0 Å². The standard InChI is InChI=1S/C8H12F3N3O/c1-14-3-4-5(8(9,10)11)2-6(15)12-7(4)13-14/h4-5,7,13H,2-3H2,1H3,(H,12,15). The number of rotatable bonds is 0. The van der Waals surface area contributed by atoms with Gasteiger partial charge in [0.1, 0.15) is 0 Å². The molecule has 0 radical (unpaired) electrons. The second-order valence-corrected chi connectivity index (χ2v) is 4.07. The van der Waals surface area contributed by atoms with Crippen molar-refractivity contribution in [3.8, 4) is 0 Å². The topological polar surface area (TPSA) is 44.4 Å². The zero-order chi connectivity index (χ0) is 11.2. The number of fused-ring (bicyclic) bond motifs is 1. The summed E-state index contributed by atoms with van der Waals surface area (Å²) >= 11 is 0. The Morgan fingerprint density at radius 3 is 2.73 bits per heavy atom. The molecule has 0 spiro atoms. The van der Waals surface area contributed by atoms with Gasteiger partial charge in [0, 0.05) is 25.9 Å². The third kappa shape index (κ3) is 1.93. The molecule has 2 heterocycles. The highest BCUT2D eigenvalue weighted by molar-refractivity contribution is 5.77. The Hall–Kier alpha value is -0.820. The average molecular weight is 223 g/mol. The monoisotopic (exact) mass is 223 g/mol. The molecule has 0 aromatic heterocycles. The van der Waals surface area contributed by atoms with Crippen molar-refractivity contribution in [3.05, 3.63) is 0 Å². The maximum atomic E-state index is 12.7. The van der Waals surface area contributed by atoms with Crippen molar-refractivity contribution in [3.63, 3.8) is 0 Å². The van der Waals surface area contributed by atoms with Crippen LogP contribution in [0.1, 0.15) is 6.42 Å². The Bertz CT molecular complexity index is 281. The predicted octanol–water partition coefficient (Wildman–Crippen LogP) is 0.0771. The number of hydrazine groups is 1. The minimum absolute atomic E-state index is 0.301. The summed E-state index contributed by atoms with van der Waals surface area (Å²) in [5.41, 5.74) is 2.79. The van der Waals surface area contributed by atoms with Crippen molar-refractivity contribution in [2.75, 3.05) is 13.6 Å². The van der Waals surface area contributed by atoms with Crippen molar-refractivity contribution < 1.29 is 18.0 Å². The van der Waals surface area contributed by atoms with Crippen LogP contribution in [0.5, 0.6) is 0 Å². The predicted molar refractivity (Wildman–Crippen MR) is 45.3 cm³/mol. The number of carbonyl (C=O) groups excluding carboxylic acids is 1. The Labute approximate surface area is 84.8 Å². The van der Waals surface area contributed by atoms with E-state index in [0.717, 1.165) is 0 Å². The molecule has 4 nitrogen and oxygen atoms in total. The molecular formula is C8H12F3N3O. The molecule has 7 heteroatoms. The minimum atomic E-state index is -4.30. The lowest BCUT2D eigenvalue weighted by atomic mass is 9.84. The molecule has 3 unspecified atom stereocenters. The van der Waals surface area contributed by atoms with Gasteiger partial charge >= 0.3 is 6.18 Å². The van der Waals surface area contributed by atoms with Crippen LogP contribution < -0.4 is 10.7 Å². The lowest BCUT2D eigenvalue weighted by Gasteiger charge is -2.33. The molecule has 2 rings (SSSR count). The first-order valence-electron chi connectivity index (χ1n) is 4.71. The van der Waals surface area contributed by atoms with Crippen LogP contribution in [0.4, 0.5) is 13.2 Å². The third-order valence-electron chi connectivity index (χ3n) is 2.93. The highest BCUT2D eigenvalue weighted by atomic mass is 19.4. The SMILES string of the molecule is CN1CC2C(NC(=O)CC2C(F)(F)F)N1. The number of carbonyl (C=O) groups is 1. The normalized spacial score (nSPS) is 37.6. The van der Waals surface area contributed by atoms with Gasteiger partial charge in [0.2, 0.25) is 5.91 Å². The van der Waals surface area contributed by atoms with Gasteiger partial charge in [-0.3, -0.25) is 4.79 Å². The molecule has 0 aliphatic carbocycles. The summed E-state index contributed by atoms with van der Waals surface area (Å²) in [7, 11) is 1.66. The summed E-state index contributed by atoms with van der Waals surface area (Å²) in [4.78, 5) is 11.1. The van der Waals surface area contributed by atoms with Crippen LogP contribution >= 0.6 is 0 Å². The summed E-state index contributed by atoms with van der Waals surface area (Å²) in [6.07, 6.45) is -5.34. The molecule has 2 saturated heterocycles. The quantitative estimate of drug-likeness (QED) is 0.611. The molecule has 2 aliphatic rings.